The molecule has 0 atom stereocenters. The molecule has 0 aliphatic carbocycles. The Kier molecular flexibility index (Phi) is 4.05. The summed E-state index contributed by atoms with van der Waals surface area (Å²) >= 11 is 0. The molecule has 0 aliphatic rings. The predicted molar refractivity (Wildman–Crippen MR) is 89.7 cm³/mol. The van der Waals surface area contributed by atoms with Gasteiger partial charge in [-0.1, -0.05) is 11.6 Å². The summed E-state index contributed by atoms with van der Waals surface area (Å²) in [4.78, 5) is 0. The molecule has 1 heterocycles. The molecule has 0 amide bonds. The summed E-state index contributed by atoms with van der Waals surface area (Å²) in [5.74, 6) is 1.69. The van der Waals surface area contributed by atoms with E-state index in [4.69, 9.17) is 9.47 Å². The van der Waals surface area contributed by atoms with Gasteiger partial charge in [0, 0.05) is 29.2 Å². The Bertz CT molecular complexity index is 772. The van der Waals surface area contributed by atoms with Crippen LogP contribution in [-0.2, 0) is 13.2 Å². The molecule has 3 heteroatoms. The normalized spacial score (nSPS) is 10.9. The van der Waals surface area contributed by atoms with Crippen molar-refractivity contribution in [2.45, 2.75) is 27.0 Å². The fourth-order valence-corrected chi connectivity index (χ4v) is 2.69. The Morgan fingerprint density at radius 3 is 2.41 bits per heavy atom. The van der Waals surface area contributed by atoms with Gasteiger partial charge in [0.05, 0.1) is 7.11 Å². The number of nitrogens with zero attached hydrogens (tertiary/aromatic N) is 1. The average Bonchev–Trinajstić information content (AvgIpc) is 2.90. The molecule has 0 aliphatic heterocycles. The van der Waals surface area contributed by atoms with Crippen molar-refractivity contribution in [3.05, 3.63) is 59.8 Å². The molecule has 3 nitrogen and oxygen atoms in total. The van der Waals surface area contributed by atoms with Gasteiger partial charge in [-0.3, -0.25) is 0 Å². The molecule has 0 N–H and O–H groups in total. The van der Waals surface area contributed by atoms with Gasteiger partial charge in [-0.05, 0) is 50.2 Å². The molecule has 0 saturated carbocycles. The summed E-state index contributed by atoms with van der Waals surface area (Å²) < 4.78 is 13.4. The summed E-state index contributed by atoms with van der Waals surface area (Å²) in [5, 5.41) is 1.27. The lowest BCUT2D eigenvalue weighted by Crippen LogP contribution is -1.95. The van der Waals surface area contributed by atoms with Crippen molar-refractivity contribution in [3.63, 3.8) is 0 Å². The largest absolute Gasteiger partial charge is 0.497 e. The second kappa shape index (κ2) is 6.14. The third-order valence-corrected chi connectivity index (χ3v) is 3.91. The van der Waals surface area contributed by atoms with Crippen LogP contribution in [0.15, 0.2) is 48.7 Å². The van der Waals surface area contributed by atoms with E-state index < -0.39 is 0 Å². The second-order valence-corrected chi connectivity index (χ2v) is 5.43. The maximum atomic E-state index is 5.93. The molecule has 0 bridgehead atoms. The van der Waals surface area contributed by atoms with Gasteiger partial charge in [-0.2, -0.15) is 0 Å². The van der Waals surface area contributed by atoms with E-state index in [0.717, 1.165) is 18.0 Å². The molecule has 0 fully saturated rings. The predicted octanol–water partition coefficient (Wildman–Crippen LogP) is 4.56. The first-order chi connectivity index (χ1) is 10.7. The quantitative estimate of drug-likeness (QED) is 0.689. The second-order valence-electron chi connectivity index (χ2n) is 5.43. The van der Waals surface area contributed by atoms with Crippen molar-refractivity contribution in [2.24, 2.45) is 0 Å². The minimum Gasteiger partial charge on any atom is -0.497 e. The fraction of sp³-hybridized carbons (Fsp3) is 0.263. The maximum absolute atomic E-state index is 5.93. The summed E-state index contributed by atoms with van der Waals surface area (Å²) in [6, 6.07) is 14.3. The highest BCUT2D eigenvalue weighted by atomic mass is 16.5. The van der Waals surface area contributed by atoms with Gasteiger partial charge in [0.15, 0.2) is 0 Å². The number of benzene rings is 2. The summed E-state index contributed by atoms with van der Waals surface area (Å²) in [7, 11) is 1.66. The molecule has 22 heavy (non-hydrogen) atoms. The van der Waals surface area contributed by atoms with Gasteiger partial charge in [0.1, 0.15) is 18.1 Å². The van der Waals surface area contributed by atoms with E-state index in [1.807, 2.05) is 24.3 Å². The number of methoxy groups -OCH3 is 1. The molecule has 1 aromatic heterocycles. The standard InChI is InChI=1S/C19H21NO2/c1-4-20-12-15(18-11-14(2)5-10-19(18)20)13-22-17-8-6-16(21-3)7-9-17/h5-12H,4,13H2,1-3H3. The van der Waals surface area contributed by atoms with E-state index in [0.29, 0.717) is 6.61 Å². The van der Waals surface area contributed by atoms with Crippen LogP contribution in [0.25, 0.3) is 10.9 Å². The van der Waals surface area contributed by atoms with E-state index >= 15 is 0 Å². The van der Waals surface area contributed by atoms with Crippen LogP contribution in [-0.4, -0.2) is 11.7 Å². The van der Waals surface area contributed by atoms with E-state index in [9.17, 15) is 0 Å². The Hall–Kier alpha value is -2.42. The lowest BCUT2D eigenvalue weighted by atomic mass is 10.1. The van der Waals surface area contributed by atoms with E-state index in [2.05, 4.69) is 42.8 Å². The highest BCUT2D eigenvalue weighted by Gasteiger charge is 2.08. The van der Waals surface area contributed by atoms with Crippen LogP contribution in [0.2, 0.25) is 0 Å². The summed E-state index contributed by atoms with van der Waals surface area (Å²) in [6.07, 6.45) is 2.19. The molecule has 2 aromatic carbocycles. The SMILES string of the molecule is CCn1cc(COc2ccc(OC)cc2)c2cc(C)ccc21. The molecule has 0 saturated heterocycles. The van der Waals surface area contributed by atoms with Crippen LogP contribution in [0, 0.1) is 6.92 Å². The molecular formula is C19H21NO2. The lowest BCUT2D eigenvalue weighted by Gasteiger charge is -2.06. The number of aromatic nitrogens is 1. The van der Waals surface area contributed by atoms with Crippen LogP contribution in [0.1, 0.15) is 18.1 Å². The van der Waals surface area contributed by atoms with Crippen molar-refractivity contribution in [1.29, 1.82) is 0 Å². The first-order valence-corrected chi connectivity index (χ1v) is 7.56. The molecule has 3 rings (SSSR count). The zero-order valence-corrected chi connectivity index (χ0v) is 13.3. The lowest BCUT2D eigenvalue weighted by molar-refractivity contribution is 0.306. The molecule has 0 unspecified atom stereocenters. The zero-order valence-electron chi connectivity index (χ0n) is 13.3. The van der Waals surface area contributed by atoms with Gasteiger partial charge >= 0.3 is 0 Å². The van der Waals surface area contributed by atoms with Gasteiger partial charge < -0.3 is 14.0 Å². The van der Waals surface area contributed by atoms with Crippen molar-refractivity contribution in [2.75, 3.05) is 7.11 Å². The smallest absolute Gasteiger partial charge is 0.120 e. The Morgan fingerprint density at radius 2 is 1.73 bits per heavy atom. The van der Waals surface area contributed by atoms with Crippen LogP contribution < -0.4 is 9.47 Å². The van der Waals surface area contributed by atoms with Crippen molar-refractivity contribution < 1.29 is 9.47 Å². The Morgan fingerprint density at radius 1 is 1.00 bits per heavy atom. The molecular weight excluding hydrogens is 274 g/mol. The van der Waals surface area contributed by atoms with Crippen LogP contribution in [0.4, 0.5) is 0 Å². The number of hydrogen-bond acceptors (Lipinski definition) is 2. The number of aryl methyl sites for hydroxylation is 2. The van der Waals surface area contributed by atoms with Crippen LogP contribution in [0.5, 0.6) is 11.5 Å². The minimum atomic E-state index is 0.569. The number of ether oxygens (including phenoxy) is 2. The first kappa shape index (κ1) is 14.5. The number of rotatable bonds is 5. The summed E-state index contributed by atoms with van der Waals surface area (Å²) in [5.41, 5.74) is 3.75. The van der Waals surface area contributed by atoms with E-state index in [1.54, 1.807) is 7.11 Å². The topological polar surface area (TPSA) is 23.4 Å². The van der Waals surface area contributed by atoms with Crippen molar-refractivity contribution >= 4 is 10.9 Å². The van der Waals surface area contributed by atoms with Crippen LogP contribution in [0.3, 0.4) is 0 Å². The van der Waals surface area contributed by atoms with Gasteiger partial charge in [0.25, 0.3) is 0 Å². The summed E-state index contributed by atoms with van der Waals surface area (Å²) in [6.45, 7) is 5.81. The highest BCUT2D eigenvalue weighted by molar-refractivity contribution is 5.84. The first-order valence-electron chi connectivity index (χ1n) is 7.56. The van der Waals surface area contributed by atoms with Gasteiger partial charge in [-0.25, -0.2) is 0 Å². The molecule has 3 aromatic rings. The Labute approximate surface area is 131 Å². The third-order valence-electron chi connectivity index (χ3n) is 3.91. The number of hydrogen-bond donors (Lipinski definition) is 0. The zero-order chi connectivity index (χ0) is 15.5. The van der Waals surface area contributed by atoms with Crippen molar-refractivity contribution in [3.8, 4) is 11.5 Å². The van der Waals surface area contributed by atoms with E-state index in [-0.39, 0.29) is 0 Å². The highest BCUT2D eigenvalue weighted by Crippen LogP contribution is 2.25. The van der Waals surface area contributed by atoms with Crippen LogP contribution >= 0.6 is 0 Å². The van der Waals surface area contributed by atoms with Gasteiger partial charge in [-0.15, -0.1) is 0 Å². The third kappa shape index (κ3) is 2.80. The average molecular weight is 295 g/mol. The Balaban J connectivity index is 1.85. The van der Waals surface area contributed by atoms with Gasteiger partial charge in [0.2, 0.25) is 0 Å². The fourth-order valence-electron chi connectivity index (χ4n) is 2.69. The van der Waals surface area contributed by atoms with E-state index in [1.165, 1.54) is 22.0 Å². The minimum absolute atomic E-state index is 0.569. The van der Waals surface area contributed by atoms with Crippen molar-refractivity contribution in [1.82, 2.24) is 4.57 Å². The monoisotopic (exact) mass is 295 g/mol. The number of fused-ring (bicyclic) bond motifs is 1. The maximum Gasteiger partial charge on any atom is 0.120 e. The molecule has 0 radical (unpaired) electrons. The molecule has 114 valence electrons. The molecule has 0 spiro atoms.